The summed E-state index contributed by atoms with van der Waals surface area (Å²) in [5.74, 6) is 0.335. The molecule has 2 atom stereocenters. The van der Waals surface area contributed by atoms with Crippen molar-refractivity contribution in [3.63, 3.8) is 0 Å². The van der Waals surface area contributed by atoms with Crippen LogP contribution in [0.4, 0.5) is 4.39 Å². The molecule has 2 aromatic rings. The molecule has 1 aliphatic carbocycles. The first-order valence-corrected chi connectivity index (χ1v) is 11.8. The lowest BCUT2D eigenvalue weighted by Gasteiger charge is -2.15. The Bertz CT molecular complexity index is 1250. The first-order valence-electron chi connectivity index (χ1n) is 11.8. The van der Waals surface area contributed by atoms with Crippen LogP contribution in [0.1, 0.15) is 37.4 Å². The SMILES string of the molecule is CC1C=C(C2=CC=CCCC=C2)C(N)=NC(C(N)=CC(=NCc2ccccc2F)c2ccon2)C1. The van der Waals surface area contributed by atoms with E-state index in [2.05, 4.69) is 53.5 Å². The second-order valence-electron chi connectivity index (χ2n) is 8.68. The van der Waals surface area contributed by atoms with Gasteiger partial charge in [0, 0.05) is 22.9 Å². The lowest BCUT2D eigenvalue weighted by molar-refractivity contribution is 0.418. The molecule has 0 spiro atoms. The third-order valence-electron chi connectivity index (χ3n) is 5.90. The zero-order chi connectivity index (χ0) is 24.6. The van der Waals surface area contributed by atoms with E-state index in [0.29, 0.717) is 34.9 Å². The van der Waals surface area contributed by atoms with Gasteiger partial charge in [-0.15, -0.1) is 0 Å². The molecule has 0 amide bonds. The van der Waals surface area contributed by atoms with Crippen LogP contribution in [0.25, 0.3) is 0 Å². The van der Waals surface area contributed by atoms with E-state index in [-0.39, 0.29) is 24.3 Å². The molecular weight excluding hydrogens is 441 g/mol. The molecule has 2 aliphatic rings. The van der Waals surface area contributed by atoms with Gasteiger partial charge in [-0.05, 0) is 42.9 Å². The Morgan fingerprint density at radius 3 is 2.86 bits per heavy atom. The normalized spacial score (nSPS) is 21.5. The highest BCUT2D eigenvalue weighted by atomic mass is 19.1. The van der Waals surface area contributed by atoms with E-state index >= 15 is 0 Å². The summed E-state index contributed by atoms with van der Waals surface area (Å²) >= 11 is 0. The molecule has 4 N–H and O–H groups in total. The molecule has 0 radical (unpaired) electrons. The number of allylic oxidation sites excluding steroid dienone is 7. The number of nitrogens with zero attached hydrogens (tertiary/aromatic N) is 3. The fraction of sp³-hybridized carbons (Fsp3) is 0.250. The molecule has 1 aromatic carbocycles. The largest absolute Gasteiger partial charge is 0.400 e. The van der Waals surface area contributed by atoms with Gasteiger partial charge in [-0.2, -0.15) is 0 Å². The maximum absolute atomic E-state index is 14.1. The number of hydrogen-bond donors (Lipinski definition) is 2. The lowest BCUT2D eigenvalue weighted by Crippen LogP contribution is -2.23. The summed E-state index contributed by atoms with van der Waals surface area (Å²) in [6.07, 6.45) is 18.6. The number of halogens is 1. The first kappa shape index (κ1) is 24.1. The third-order valence-corrected chi connectivity index (χ3v) is 5.90. The Kier molecular flexibility index (Phi) is 7.88. The molecule has 6 nitrogen and oxygen atoms in total. The quantitative estimate of drug-likeness (QED) is 0.567. The molecule has 180 valence electrons. The van der Waals surface area contributed by atoms with Crippen LogP contribution in [0.2, 0.25) is 0 Å². The third kappa shape index (κ3) is 6.32. The fourth-order valence-electron chi connectivity index (χ4n) is 4.04. The lowest BCUT2D eigenvalue weighted by atomic mass is 9.95. The zero-order valence-corrected chi connectivity index (χ0v) is 19.8. The van der Waals surface area contributed by atoms with E-state index in [1.807, 2.05) is 0 Å². The van der Waals surface area contributed by atoms with Crippen LogP contribution in [0.15, 0.2) is 110 Å². The van der Waals surface area contributed by atoms with Gasteiger partial charge in [0.25, 0.3) is 0 Å². The topological polar surface area (TPSA) is 103 Å². The van der Waals surface area contributed by atoms with Gasteiger partial charge in [0.2, 0.25) is 0 Å². The van der Waals surface area contributed by atoms with Crippen molar-refractivity contribution in [2.24, 2.45) is 27.4 Å². The maximum atomic E-state index is 14.1. The smallest absolute Gasteiger partial charge is 0.131 e. The van der Waals surface area contributed by atoms with Crippen LogP contribution in [0.5, 0.6) is 0 Å². The summed E-state index contributed by atoms with van der Waals surface area (Å²) in [7, 11) is 0. The molecule has 2 heterocycles. The van der Waals surface area contributed by atoms with Gasteiger partial charge >= 0.3 is 0 Å². The Morgan fingerprint density at radius 1 is 1.23 bits per heavy atom. The summed E-state index contributed by atoms with van der Waals surface area (Å²) < 4.78 is 19.1. The minimum absolute atomic E-state index is 0.144. The Balaban J connectivity index is 1.63. The van der Waals surface area contributed by atoms with Crippen LogP contribution in [-0.2, 0) is 6.54 Å². The molecule has 0 bridgehead atoms. The minimum Gasteiger partial charge on any atom is -0.400 e. The number of hydrogen-bond acceptors (Lipinski definition) is 6. The van der Waals surface area contributed by atoms with E-state index in [9.17, 15) is 4.39 Å². The molecule has 0 saturated heterocycles. The van der Waals surface area contributed by atoms with Crippen molar-refractivity contribution < 1.29 is 8.91 Å². The molecule has 35 heavy (non-hydrogen) atoms. The highest BCUT2D eigenvalue weighted by molar-refractivity contribution is 6.07. The van der Waals surface area contributed by atoms with Gasteiger partial charge in [-0.1, -0.05) is 66.7 Å². The van der Waals surface area contributed by atoms with Crippen molar-refractivity contribution in [3.8, 4) is 0 Å². The number of rotatable bonds is 6. The zero-order valence-electron chi connectivity index (χ0n) is 19.8. The van der Waals surface area contributed by atoms with E-state index in [0.717, 1.165) is 24.0 Å². The molecule has 4 rings (SSSR count). The average molecular weight is 472 g/mol. The molecule has 2 unspecified atom stereocenters. The second-order valence-corrected chi connectivity index (χ2v) is 8.68. The second kappa shape index (κ2) is 11.4. The van der Waals surface area contributed by atoms with Gasteiger partial charge in [0.15, 0.2) is 0 Å². The van der Waals surface area contributed by atoms with Crippen LogP contribution >= 0.6 is 0 Å². The van der Waals surface area contributed by atoms with Crippen LogP contribution in [0, 0.1) is 11.7 Å². The van der Waals surface area contributed by atoms with E-state index in [4.69, 9.17) is 21.0 Å². The van der Waals surface area contributed by atoms with Crippen molar-refractivity contribution in [2.45, 2.75) is 38.8 Å². The van der Waals surface area contributed by atoms with Crippen molar-refractivity contribution >= 4 is 11.5 Å². The van der Waals surface area contributed by atoms with E-state index < -0.39 is 0 Å². The standard InChI is InChI=1S/C28H30FN5O/c1-19-15-22(20-9-5-3-2-4-6-10-20)28(31)33-26(16-19)24(30)17-27(25-13-14-35-34-25)32-18-21-11-7-8-12-23(21)29/h3,5-15,17,19,26H,2,4,16,18,30H2,1H3,(H2,31,33). The Labute approximate surface area is 205 Å². The molecule has 1 aliphatic heterocycles. The molecule has 7 heteroatoms. The van der Waals surface area contributed by atoms with Gasteiger partial charge in [0.1, 0.15) is 23.6 Å². The van der Waals surface area contributed by atoms with Gasteiger partial charge in [-0.3, -0.25) is 9.98 Å². The van der Waals surface area contributed by atoms with Gasteiger partial charge in [0.05, 0.1) is 18.3 Å². The Hall–Kier alpha value is -4.00. The van der Waals surface area contributed by atoms with Gasteiger partial charge < -0.3 is 16.0 Å². The van der Waals surface area contributed by atoms with Crippen molar-refractivity contribution in [1.82, 2.24) is 5.16 Å². The average Bonchev–Trinajstić information content (AvgIpc) is 3.30. The summed E-state index contributed by atoms with van der Waals surface area (Å²) in [6, 6.07) is 7.90. The van der Waals surface area contributed by atoms with E-state index in [1.165, 1.54) is 12.3 Å². The highest BCUT2D eigenvalue weighted by Gasteiger charge is 2.22. The van der Waals surface area contributed by atoms with Crippen molar-refractivity contribution in [3.05, 3.63) is 113 Å². The monoisotopic (exact) mass is 471 g/mol. The van der Waals surface area contributed by atoms with Crippen molar-refractivity contribution in [2.75, 3.05) is 0 Å². The van der Waals surface area contributed by atoms with Gasteiger partial charge in [-0.25, -0.2) is 4.39 Å². The Morgan fingerprint density at radius 2 is 2.06 bits per heavy atom. The summed E-state index contributed by atoms with van der Waals surface area (Å²) in [4.78, 5) is 9.36. The molecule has 0 fully saturated rings. The minimum atomic E-state index is -0.335. The molecule has 0 saturated carbocycles. The predicted octanol–water partition coefficient (Wildman–Crippen LogP) is 5.17. The number of aliphatic imine (C=N–C) groups is 2. The van der Waals surface area contributed by atoms with Crippen LogP contribution in [-0.4, -0.2) is 22.7 Å². The van der Waals surface area contributed by atoms with Crippen LogP contribution < -0.4 is 11.5 Å². The predicted molar refractivity (Wildman–Crippen MR) is 138 cm³/mol. The number of amidine groups is 1. The van der Waals surface area contributed by atoms with E-state index in [1.54, 1.807) is 30.3 Å². The molecular formula is C28H30FN5O. The summed E-state index contributed by atoms with van der Waals surface area (Å²) in [6.45, 7) is 2.27. The number of nitrogens with two attached hydrogens (primary N) is 2. The maximum Gasteiger partial charge on any atom is 0.131 e. The number of aromatic nitrogens is 1. The van der Waals surface area contributed by atoms with Crippen LogP contribution in [0.3, 0.4) is 0 Å². The molecule has 1 aromatic heterocycles. The summed E-state index contributed by atoms with van der Waals surface area (Å²) in [5.41, 5.74) is 17.0. The fourth-order valence-corrected chi connectivity index (χ4v) is 4.04. The number of benzene rings is 1. The summed E-state index contributed by atoms with van der Waals surface area (Å²) in [5, 5.41) is 4.00. The van der Waals surface area contributed by atoms with Crippen molar-refractivity contribution in [1.29, 1.82) is 0 Å². The first-order chi connectivity index (χ1) is 17.0. The highest BCUT2D eigenvalue weighted by Crippen LogP contribution is 2.26.